The summed E-state index contributed by atoms with van der Waals surface area (Å²) in [6.07, 6.45) is -10.6. The van der Waals surface area contributed by atoms with Gasteiger partial charge in [-0.05, 0) is 120 Å². The maximum Gasteiger partial charge on any atom is 0.424 e. The zero-order valence-electron chi connectivity index (χ0n) is 45.1. The topological polar surface area (TPSA) is 188 Å². The molecule has 0 aliphatic carbocycles. The molecule has 0 fully saturated rings. The predicted molar refractivity (Wildman–Crippen MR) is 299 cm³/mol. The van der Waals surface area contributed by atoms with E-state index in [-0.39, 0.29) is 59.0 Å². The Morgan fingerprint density at radius 2 is 0.838 bits per heavy atom. The average Bonchev–Trinajstić information content (AvgIpc) is 3.36. The van der Waals surface area contributed by atoms with Gasteiger partial charge in [-0.2, -0.15) is 36.3 Å². The second-order valence-electron chi connectivity index (χ2n) is 21.4. The van der Waals surface area contributed by atoms with E-state index in [2.05, 4.69) is 80.9 Å². The van der Waals surface area contributed by atoms with Crippen LogP contribution >= 0.6 is 23.2 Å². The summed E-state index contributed by atoms with van der Waals surface area (Å²) in [5.74, 6) is -1.55. The lowest BCUT2D eigenvalue weighted by Crippen LogP contribution is -2.51. The number of rotatable bonds is 18. The number of halogens is 8. The molecule has 2 heterocycles. The Hall–Kier alpha value is -6.48. The Balaban J connectivity index is 0.000000410. The molecular formula is C58H70Cl2F6N6O8. The molecule has 0 saturated carbocycles. The summed E-state index contributed by atoms with van der Waals surface area (Å²) in [4.78, 5) is 71.9. The molecule has 6 aromatic rings. The van der Waals surface area contributed by atoms with Gasteiger partial charge < -0.3 is 18.9 Å². The average molecular weight is 1160 g/mol. The molecule has 0 saturated heterocycles. The van der Waals surface area contributed by atoms with Gasteiger partial charge in [-0.15, -0.1) is 0 Å². The van der Waals surface area contributed by atoms with Gasteiger partial charge in [0, 0.05) is 49.3 Å². The standard InChI is InChI=1S/2C28H31ClF3N3O4.2CH4/c2*1-16(13-22(36)27(5,38-6)28(30,31)32)18-9-12-21(29)20(14-18)24-33-23(34-25(37)35-24)17-7-10-19(11-8-17)39-15-26(2,3)4;;/h2*7-12,14,16H,13,15H2,1-6H3,(H,33,34,35,37);2*1H4/t2*16?,27-;;/m11../s1. The Labute approximate surface area is 472 Å². The van der Waals surface area contributed by atoms with Gasteiger partial charge in [-0.3, -0.25) is 19.6 Å². The fourth-order valence-corrected chi connectivity index (χ4v) is 7.71. The molecule has 0 amide bonds. The number of nitrogens with zero attached hydrogens (tertiary/aromatic N) is 4. The van der Waals surface area contributed by atoms with Crippen LogP contribution in [0.4, 0.5) is 26.3 Å². The summed E-state index contributed by atoms with van der Waals surface area (Å²) < 4.78 is 101. The molecule has 14 nitrogen and oxygen atoms in total. The van der Waals surface area contributed by atoms with Crippen LogP contribution in [0.2, 0.25) is 10.0 Å². The fraction of sp³-hybridized carbons (Fsp3) is 0.448. The first kappa shape index (κ1) is 67.8. The van der Waals surface area contributed by atoms with Gasteiger partial charge in [-0.25, -0.2) is 19.6 Å². The maximum absolute atomic E-state index is 13.5. The van der Waals surface area contributed by atoms with Crippen LogP contribution in [0.15, 0.2) is 94.5 Å². The summed E-state index contributed by atoms with van der Waals surface area (Å²) in [5.41, 5.74) is -4.29. The van der Waals surface area contributed by atoms with Crippen molar-refractivity contribution in [1.29, 1.82) is 0 Å². The number of Topliss-reactive ketones (excluding diaryl/α,β-unsaturated/α-hetero) is 2. The van der Waals surface area contributed by atoms with Crippen LogP contribution in [-0.4, -0.2) is 92.5 Å². The molecule has 0 bridgehead atoms. The van der Waals surface area contributed by atoms with Crippen molar-refractivity contribution in [2.45, 2.75) is 132 Å². The molecule has 0 aliphatic heterocycles. The van der Waals surface area contributed by atoms with Gasteiger partial charge in [-0.1, -0.05) is 106 Å². The minimum atomic E-state index is -4.86. The number of H-pyrrole nitrogens is 2. The number of aromatic amines is 2. The Bertz CT molecular complexity index is 2980. The highest BCUT2D eigenvalue weighted by molar-refractivity contribution is 6.33. The van der Waals surface area contributed by atoms with E-state index in [0.29, 0.717) is 71.9 Å². The number of nitrogens with one attached hydrogen (secondary N) is 2. The van der Waals surface area contributed by atoms with Crippen molar-refractivity contribution in [2.75, 3.05) is 27.4 Å². The molecular weight excluding hydrogens is 1090 g/mol. The van der Waals surface area contributed by atoms with E-state index >= 15 is 0 Å². The molecule has 4 atom stereocenters. The van der Waals surface area contributed by atoms with Crippen LogP contribution in [0.3, 0.4) is 0 Å². The number of hydrogen-bond donors (Lipinski definition) is 2. The zero-order chi connectivity index (χ0) is 58.3. The molecule has 80 heavy (non-hydrogen) atoms. The van der Waals surface area contributed by atoms with E-state index < -0.39 is 71.2 Å². The van der Waals surface area contributed by atoms with Gasteiger partial charge >= 0.3 is 23.7 Å². The van der Waals surface area contributed by atoms with E-state index in [4.69, 9.17) is 32.7 Å². The van der Waals surface area contributed by atoms with E-state index in [9.17, 15) is 45.5 Å². The number of carbonyl (C=O) groups excluding carboxylic acids is 2. The highest BCUT2D eigenvalue weighted by atomic mass is 35.5. The first-order chi connectivity index (χ1) is 36.1. The highest BCUT2D eigenvalue weighted by Crippen LogP contribution is 2.40. The van der Waals surface area contributed by atoms with Gasteiger partial charge in [0.1, 0.15) is 23.1 Å². The van der Waals surface area contributed by atoms with Crippen LogP contribution in [0.5, 0.6) is 11.5 Å². The van der Waals surface area contributed by atoms with Crippen molar-refractivity contribution >= 4 is 34.8 Å². The summed E-state index contributed by atoms with van der Waals surface area (Å²) in [7, 11) is 1.71. The zero-order valence-corrected chi connectivity index (χ0v) is 46.7. The predicted octanol–water partition coefficient (Wildman–Crippen LogP) is 14.5. The molecule has 2 aromatic heterocycles. The largest absolute Gasteiger partial charge is 0.493 e. The molecule has 4 aromatic carbocycles. The molecule has 436 valence electrons. The van der Waals surface area contributed by atoms with Gasteiger partial charge in [0.2, 0.25) is 11.2 Å². The summed E-state index contributed by atoms with van der Waals surface area (Å²) in [6, 6.07) is 23.4. The Kier molecular flexibility index (Phi) is 22.8. The van der Waals surface area contributed by atoms with Crippen molar-refractivity contribution in [3.63, 3.8) is 0 Å². The molecule has 0 aliphatic rings. The van der Waals surface area contributed by atoms with Gasteiger partial charge in [0.05, 0.1) is 23.3 Å². The highest BCUT2D eigenvalue weighted by Gasteiger charge is 2.58. The summed E-state index contributed by atoms with van der Waals surface area (Å²) in [5, 5.41) is 0.501. The molecule has 0 radical (unpaired) electrons. The second kappa shape index (κ2) is 26.9. The van der Waals surface area contributed by atoms with Crippen molar-refractivity contribution in [3.8, 4) is 57.1 Å². The second-order valence-corrected chi connectivity index (χ2v) is 22.2. The van der Waals surface area contributed by atoms with E-state index in [0.717, 1.165) is 14.2 Å². The third-order valence-electron chi connectivity index (χ3n) is 12.4. The molecule has 22 heteroatoms. The van der Waals surface area contributed by atoms with Gasteiger partial charge in [0.25, 0.3) is 0 Å². The normalized spacial score (nSPS) is 14.2. The van der Waals surface area contributed by atoms with Crippen LogP contribution < -0.4 is 20.9 Å². The lowest BCUT2D eigenvalue weighted by Gasteiger charge is -2.30. The number of ether oxygens (including phenoxy) is 4. The Morgan fingerprint density at radius 1 is 0.525 bits per heavy atom. The smallest absolute Gasteiger partial charge is 0.424 e. The lowest BCUT2D eigenvalue weighted by molar-refractivity contribution is -0.253. The van der Waals surface area contributed by atoms with Crippen LogP contribution in [-0.2, 0) is 19.1 Å². The molecule has 6 rings (SSSR count). The third kappa shape index (κ3) is 17.3. The van der Waals surface area contributed by atoms with Crippen molar-refractivity contribution in [1.82, 2.24) is 29.9 Å². The number of methoxy groups -OCH3 is 2. The third-order valence-corrected chi connectivity index (χ3v) is 13.1. The first-order valence-corrected chi connectivity index (χ1v) is 25.2. The van der Waals surface area contributed by atoms with Crippen molar-refractivity contribution in [3.05, 3.63) is 127 Å². The molecule has 2 N–H and O–H groups in total. The number of benzene rings is 4. The summed E-state index contributed by atoms with van der Waals surface area (Å²) in [6.45, 7) is 18.1. The lowest BCUT2D eigenvalue weighted by atomic mass is 9.88. The van der Waals surface area contributed by atoms with Crippen LogP contribution in [0.25, 0.3) is 45.6 Å². The van der Waals surface area contributed by atoms with E-state index in [1.54, 1.807) is 86.6 Å². The SMILES string of the molecule is C.C.CO[C@](C)(C(=O)CC(C)c1ccc(Cl)c(-c2nc(-c3ccc(OCC(C)(C)C)cc3)nc(=O)[nH]2)c1)C(F)(F)F.CO[C@](C)(C(=O)CC(C)c1ccc(Cl)c(-c2nc(-c3ccc(OCC(C)(C)C)cc3)nc(=O)[nH]2)c1)C(F)(F)F. The number of carbonyl (C=O) groups is 2. The number of hydrogen-bond acceptors (Lipinski definition) is 12. The fourth-order valence-electron chi connectivity index (χ4n) is 7.30. The summed E-state index contributed by atoms with van der Waals surface area (Å²) >= 11 is 12.8. The monoisotopic (exact) mass is 1160 g/mol. The van der Waals surface area contributed by atoms with Gasteiger partial charge in [0.15, 0.2) is 23.2 Å². The van der Waals surface area contributed by atoms with E-state index in [1.807, 2.05) is 0 Å². The van der Waals surface area contributed by atoms with Crippen LogP contribution in [0, 0.1) is 10.8 Å². The first-order valence-electron chi connectivity index (χ1n) is 24.4. The van der Waals surface area contributed by atoms with Crippen LogP contribution in [0.1, 0.15) is 120 Å². The number of aromatic nitrogens is 6. The molecule has 0 spiro atoms. The number of ketones is 2. The number of alkyl halides is 6. The van der Waals surface area contributed by atoms with Crippen molar-refractivity contribution in [2.24, 2.45) is 10.8 Å². The quantitative estimate of drug-likeness (QED) is 0.0776. The molecule has 2 unspecified atom stereocenters. The minimum absolute atomic E-state index is 0. The maximum atomic E-state index is 13.5. The minimum Gasteiger partial charge on any atom is -0.493 e. The van der Waals surface area contributed by atoms with Crippen molar-refractivity contribution < 1.29 is 54.9 Å². The Morgan fingerprint density at radius 3 is 1.11 bits per heavy atom. The van der Waals surface area contributed by atoms with E-state index in [1.165, 1.54) is 12.1 Å².